The highest BCUT2D eigenvalue weighted by Gasteiger charge is 1.96. The zero-order valence-corrected chi connectivity index (χ0v) is 9.58. The third-order valence-electron chi connectivity index (χ3n) is 2.20. The Morgan fingerprint density at radius 2 is 1.57 bits per heavy atom. The van der Waals surface area contributed by atoms with Crippen molar-refractivity contribution < 1.29 is 0 Å². The summed E-state index contributed by atoms with van der Waals surface area (Å²) in [6.07, 6.45) is 0. The van der Waals surface area contributed by atoms with E-state index in [1.807, 2.05) is 0 Å². The van der Waals surface area contributed by atoms with Crippen LogP contribution in [0.5, 0.6) is 0 Å². The van der Waals surface area contributed by atoms with Crippen molar-refractivity contribution in [2.45, 2.75) is 6.92 Å². The summed E-state index contributed by atoms with van der Waals surface area (Å²) in [5.41, 5.74) is 3.83. The lowest BCUT2D eigenvalue weighted by atomic mass is 10.0. The van der Waals surface area contributed by atoms with Crippen LogP contribution in [0.15, 0.2) is 53.0 Å². The maximum absolute atomic E-state index is 3.43. The molecule has 0 amide bonds. The SMILES string of the molecule is Cc1cccc(-c2ccc(Br)cc2)c1. The normalized spacial score (nSPS) is 10.1. The van der Waals surface area contributed by atoms with Crippen molar-refractivity contribution in [2.75, 3.05) is 0 Å². The van der Waals surface area contributed by atoms with Gasteiger partial charge >= 0.3 is 0 Å². The molecule has 2 rings (SSSR count). The molecular weight excluding hydrogens is 236 g/mol. The van der Waals surface area contributed by atoms with Gasteiger partial charge in [-0.05, 0) is 30.2 Å². The van der Waals surface area contributed by atoms with E-state index in [1.165, 1.54) is 16.7 Å². The van der Waals surface area contributed by atoms with Gasteiger partial charge in [-0.15, -0.1) is 0 Å². The van der Waals surface area contributed by atoms with Crippen molar-refractivity contribution >= 4 is 15.9 Å². The lowest BCUT2D eigenvalue weighted by Gasteiger charge is -2.02. The van der Waals surface area contributed by atoms with E-state index in [0.29, 0.717) is 0 Å². The second kappa shape index (κ2) is 3.97. The second-order valence-corrected chi connectivity index (χ2v) is 4.29. The van der Waals surface area contributed by atoms with Crippen LogP contribution in [0.3, 0.4) is 0 Å². The van der Waals surface area contributed by atoms with Crippen molar-refractivity contribution in [1.82, 2.24) is 0 Å². The third kappa shape index (κ3) is 2.05. The molecule has 0 aliphatic heterocycles. The average Bonchev–Trinajstić information content (AvgIpc) is 2.19. The van der Waals surface area contributed by atoms with E-state index in [2.05, 4.69) is 71.4 Å². The first kappa shape index (κ1) is 9.47. The Morgan fingerprint density at radius 1 is 0.857 bits per heavy atom. The Labute approximate surface area is 92.7 Å². The second-order valence-electron chi connectivity index (χ2n) is 3.38. The molecule has 2 aromatic carbocycles. The molecule has 0 unspecified atom stereocenters. The van der Waals surface area contributed by atoms with Gasteiger partial charge in [-0.1, -0.05) is 57.9 Å². The first-order chi connectivity index (χ1) is 6.75. The van der Waals surface area contributed by atoms with Crippen LogP contribution in [0.4, 0.5) is 0 Å². The summed E-state index contributed by atoms with van der Waals surface area (Å²) < 4.78 is 1.12. The molecule has 14 heavy (non-hydrogen) atoms. The lowest BCUT2D eigenvalue weighted by Crippen LogP contribution is -1.78. The molecule has 0 heterocycles. The molecule has 0 nitrogen and oxygen atoms in total. The van der Waals surface area contributed by atoms with Crippen molar-refractivity contribution in [2.24, 2.45) is 0 Å². The Balaban J connectivity index is 2.44. The molecule has 0 fully saturated rings. The van der Waals surface area contributed by atoms with E-state index in [0.717, 1.165) is 4.47 Å². The Kier molecular flexibility index (Phi) is 2.69. The summed E-state index contributed by atoms with van der Waals surface area (Å²) in [6.45, 7) is 2.11. The standard InChI is InChI=1S/C13H11Br/c1-10-3-2-4-12(9-10)11-5-7-13(14)8-6-11/h2-9H,1H3. The van der Waals surface area contributed by atoms with Gasteiger partial charge in [0, 0.05) is 4.47 Å². The van der Waals surface area contributed by atoms with E-state index in [-0.39, 0.29) is 0 Å². The first-order valence-electron chi connectivity index (χ1n) is 4.58. The highest BCUT2D eigenvalue weighted by molar-refractivity contribution is 9.10. The smallest absolute Gasteiger partial charge is 0.0175 e. The average molecular weight is 247 g/mol. The van der Waals surface area contributed by atoms with Crippen LogP contribution in [0.2, 0.25) is 0 Å². The van der Waals surface area contributed by atoms with E-state index in [1.54, 1.807) is 0 Å². The molecule has 0 aromatic heterocycles. The van der Waals surface area contributed by atoms with Gasteiger partial charge in [0.05, 0.1) is 0 Å². The Morgan fingerprint density at radius 3 is 2.21 bits per heavy atom. The summed E-state index contributed by atoms with van der Waals surface area (Å²) in [4.78, 5) is 0. The minimum absolute atomic E-state index is 1.12. The third-order valence-corrected chi connectivity index (χ3v) is 2.72. The fraction of sp³-hybridized carbons (Fsp3) is 0.0769. The molecule has 0 bridgehead atoms. The van der Waals surface area contributed by atoms with Gasteiger partial charge < -0.3 is 0 Å². The van der Waals surface area contributed by atoms with Gasteiger partial charge in [0.25, 0.3) is 0 Å². The Bertz CT molecular complexity index is 429. The number of aryl methyl sites for hydroxylation is 1. The van der Waals surface area contributed by atoms with Gasteiger partial charge in [0.15, 0.2) is 0 Å². The summed E-state index contributed by atoms with van der Waals surface area (Å²) in [5.74, 6) is 0. The van der Waals surface area contributed by atoms with E-state index in [9.17, 15) is 0 Å². The molecule has 0 aliphatic carbocycles. The van der Waals surface area contributed by atoms with Gasteiger partial charge in [0.1, 0.15) is 0 Å². The minimum Gasteiger partial charge on any atom is -0.0614 e. The molecule has 0 atom stereocenters. The molecule has 0 N–H and O–H groups in total. The number of hydrogen-bond acceptors (Lipinski definition) is 0. The molecule has 2 aromatic rings. The van der Waals surface area contributed by atoms with Crippen molar-refractivity contribution in [3.05, 3.63) is 58.6 Å². The highest BCUT2D eigenvalue weighted by Crippen LogP contribution is 2.22. The fourth-order valence-corrected chi connectivity index (χ4v) is 1.73. The summed E-state index contributed by atoms with van der Waals surface area (Å²) in [7, 11) is 0. The van der Waals surface area contributed by atoms with Crippen molar-refractivity contribution in [3.8, 4) is 11.1 Å². The number of hydrogen-bond donors (Lipinski definition) is 0. The predicted octanol–water partition coefficient (Wildman–Crippen LogP) is 4.42. The topological polar surface area (TPSA) is 0 Å². The van der Waals surface area contributed by atoms with Crippen molar-refractivity contribution in [3.63, 3.8) is 0 Å². The van der Waals surface area contributed by atoms with Crippen LogP contribution >= 0.6 is 15.9 Å². The van der Waals surface area contributed by atoms with Crippen LogP contribution in [0.1, 0.15) is 5.56 Å². The monoisotopic (exact) mass is 246 g/mol. The predicted molar refractivity (Wildman–Crippen MR) is 64.3 cm³/mol. The van der Waals surface area contributed by atoms with E-state index in [4.69, 9.17) is 0 Å². The fourth-order valence-electron chi connectivity index (χ4n) is 1.47. The highest BCUT2D eigenvalue weighted by atomic mass is 79.9. The van der Waals surface area contributed by atoms with Gasteiger partial charge in [-0.3, -0.25) is 0 Å². The molecule has 0 saturated carbocycles. The minimum atomic E-state index is 1.12. The van der Waals surface area contributed by atoms with Gasteiger partial charge in [0.2, 0.25) is 0 Å². The van der Waals surface area contributed by atoms with E-state index < -0.39 is 0 Å². The molecule has 0 saturated heterocycles. The summed E-state index contributed by atoms with van der Waals surface area (Å²) >= 11 is 3.43. The lowest BCUT2D eigenvalue weighted by molar-refractivity contribution is 1.46. The van der Waals surface area contributed by atoms with Crippen LogP contribution < -0.4 is 0 Å². The molecular formula is C13H11Br. The van der Waals surface area contributed by atoms with Crippen molar-refractivity contribution in [1.29, 1.82) is 0 Å². The quantitative estimate of drug-likeness (QED) is 0.699. The zero-order valence-electron chi connectivity index (χ0n) is 8.00. The van der Waals surface area contributed by atoms with Gasteiger partial charge in [-0.2, -0.15) is 0 Å². The largest absolute Gasteiger partial charge is 0.0614 e. The molecule has 70 valence electrons. The summed E-state index contributed by atoms with van der Waals surface area (Å²) in [5, 5.41) is 0. The molecule has 0 radical (unpaired) electrons. The number of benzene rings is 2. The van der Waals surface area contributed by atoms with Crippen LogP contribution in [0, 0.1) is 6.92 Å². The number of rotatable bonds is 1. The summed E-state index contributed by atoms with van der Waals surface area (Å²) in [6, 6.07) is 16.9. The molecule has 0 spiro atoms. The van der Waals surface area contributed by atoms with Crippen LogP contribution in [-0.2, 0) is 0 Å². The molecule has 0 aliphatic rings. The van der Waals surface area contributed by atoms with Gasteiger partial charge in [-0.25, -0.2) is 0 Å². The van der Waals surface area contributed by atoms with E-state index >= 15 is 0 Å². The van der Waals surface area contributed by atoms with Crippen LogP contribution in [0.25, 0.3) is 11.1 Å². The Hall–Kier alpha value is -1.08. The van der Waals surface area contributed by atoms with Crippen LogP contribution in [-0.4, -0.2) is 0 Å². The maximum Gasteiger partial charge on any atom is 0.0175 e. The maximum atomic E-state index is 3.43. The zero-order chi connectivity index (χ0) is 9.97. The molecule has 1 heteroatoms. The first-order valence-corrected chi connectivity index (χ1v) is 5.37. The number of halogens is 1.